The van der Waals surface area contributed by atoms with Gasteiger partial charge in [0.15, 0.2) is 11.5 Å². The molecule has 0 radical (unpaired) electrons. The van der Waals surface area contributed by atoms with Crippen LogP contribution in [0.3, 0.4) is 0 Å². The Morgan fingerprint density at radius 2 is 1.87 bits per heavy atom. The average molecular weight is 455 g/mol. The molecule has 30 heavy (non-hydrogen) atoms. The van der Waals surface area contributed by atoms with Crippen LogP contribution >= 0.6 is 11.6 Å². The number of amides is 1. The summed E-state index contributed by atoms with van der Waals surface area (Å²) in [5.41, 5.74) is 1.02. The predicted octanol–water partition coefficient (Wildman–Crippen LogP) is 3.71. The fourth-order valence-electron chi connectivity index (χ4n) is 2.59. The summed E-state index contributed by atoms with van der Waals surface area (Å²) in [5, 5.41) is 2.84. The van der Waals surface area contributed by atoms with Crippen LogP contribution in [0.25, 0.3) is 0 Å². The van der Waals surface area contributed by atoms with Gasteiger partial charge >= 0.3 is 0 Å². The minimum absolute atomic E-state index is 0.0589. The zero-order valence-electron chi connectivity index (χ0n) is 17.6. The maximum atomic E-state index is 12.6. The fraction of sp³-hybridized carbons (Fsp3) is 0.381. The Morgan fingerprint density at radius 1 is 1.13 bits per heavy atom. The molecule has 0 aromatic heterocycles. The zero-order valence-corrected chi connectivity index (χ0v) is 19.1. The quantitative estimate of drug-likeness (QED) is 0.553. The molecule has 1 amide bonds. The second-order valence-electron chi connectivity index (χ2n) is 6.80. The van der Waals surface area contributed by atoms with Gasteiger partial charge in [0.25, 0.3) is 5.91 Å². The summed E-state index contributed by atoms with van der Waals surface area (Å²) in [6.45, 7) is 2.94. The van der Waals surface area contributed by atoms with E-state index in [0.717, 1.165) is 22.7 Å². The van der Waals surface area contributed by atoms with Crippen molar-refractivity contribution in [2.45, 2.75) is 31.2 Å². The van der Waals surface area contributed by atoms with E-state index in [1.165, 1.54) is 32.3 Å². The number of rotatable bonds is 10. The van der Waals surface area contributed by atoms with Gasteiger partial charge in [0.2, 0.25) is 10.0 Å². The Hall–Kier alpha value is -2.29. The van der Waals surface area contributed by atoms with E-state index in [4.69, 9.17) is 21.1 Å². The van der Waals surface area contributed by atoms with E-state index in [1.807, 2.05) is 6.07 Å². The monoisotopic (exact) mass is 454 g/mol. The van der Waals surface area contributed by atoms with Crippen LogP contribution in [0.15, 0.2) is 41.3 Å². The third-order valence-corrected chi connectivity index (χ3v) is 6.69. The number of ether oxygens (including phenoxy) is 2. The van der Waals surface area contributed by atoms with Crippen LogP contribution in [0.1, 0.15) is 35.7 Å². The molecular weight excluding hydrogens is 428 g/mol. The van der Waals surface area contributed by atoms with E-state index in [0.29, 0.717) is 18.1 Å². The van der Waals surface area contributed by atoms with Crippen molar-refractivity contribution in [3.63, 3.8) is 0 Å². The van der Waals surface area contributed by atoms with Crippen molar-refractivity contribution in [3.05, 3.63) is 52.5 Å². The maximum absolute atomic E-state index is 12.6. The number of hydrogen-bond acceptors (Lipinski definition) is 5. The smallest absolute Gasteiger partial charge is 0.251 e. The number of nitrogens with one attached hydrogen (secondary N) is 1. The van der Waals surface area contributed by atoms with Crippen molar-refractivity contribution in [1.82, 2.24) is 9.62 Å². The Balaban J connectivity index is 2.12. The highest BCUT2D eigenvalue weighted by Crippen LogP contribution is 2.28. The minimum Gasteiger partial charge on any atom is -0.493 e. The van der Waals surface area contributed by atoms with Gasteiger partial charge in [-0.15, -0.1) is 0 Å². The molecule has 164 valence electrons. The van der Waals surface area contributed by atoms with E-state index < -0.39 is 15.9 Å². The molecule has 0 bridgehead atoms. The van der Waals surface area contributed by atoms with Crippen LogP contribution in [0.2, 0.25) is 5.02 Å². The summed E-state index contributed by atoms with van der Waals surface area (Å²) < 4.78 is 36.9. The molecular formula is C21H27ClN2O5S. The number of benzene rings is 2. The summed E-state index contributed by atoms with van der Waals surface area (Å²) in [7, 11) is 0.605. The van der Waals surface area contributed by atoms with Gasteiger partial charge in [-0.2, -0.15) is 0 Å². The molecule has 0 spiro atoms. The van der Waals surface area contributed by atoms with Crippen LogP contribution < -0.4 is 14.8 Å². The number of carbonyl (C=O) groups is 1. The van der Waals surface area contributed by atoms with E-state index >= 15 is 0 Å². The molecule has 0 saturated heterocycles. The number of carbonyl (C=O) groups excluding carboxylic acids is 1. The van der Waals surface area contributed by atoms with Gasteiger partial charge < -0.3 is 14.8 Å². The van der Waals surface area contributed by atoms with Gasteiger partial charge in [-0.05, 0) is 42.3 Å². The first-order valence-electron chi connectivity index (χ1n) is 9.50. The topological polar surface area (TPSA) is 84.9 Å². The zero-order chi connectivity index (χ0) is 22.3. The van der Waals surface area contributed by atoms with Crippen LogP contribution in [0.5, 0.6) is 11.5 Å². The number of halogens is 1. The molecule has 1 N–H and O–H groups in total. The SMILES string of the molecule is CCCCOc1ccc(CNC(=O)c2ccc(Cl)c(S(=O)(=O)N(C)C)c2)cc1OC. The van der Waals surface area contributed by atoms with E-state index in [1.54, 1.807) is 19.2 Å². The molecule has 0 heterocycles. The number of unbranched alkanes of at least 4 members (excludes halogenated alkanes) is 1. The number of nitrogens with zero attached hydrogens (tertiary/aromatic N) is 1. The molecule has 0 fully saturated rings. The first-order valence-corrected chi connectivity index (χ1v) is 11.3. The summed E-state index contributed by atoms with van der Waals surface area (Å²) in [6, 6.07) is 9.60. The van der Waals surface area contributed by atoms with E-state index in [-0.39, 0.29) is 22.0 Å². The van der Waals surface area contributed by atoms with Gasteiger partial charge in [0.1, 0.15) is 4.90 Å². The van der Waals surface area contributed by atoms with Crippen LogP contribution in [0, 0.1) is 0 Å². The molecule has 0 saturated carbocycles. The number of methoxy groups -OCH3 is 1. The fourth-order valence-corrected chi connectivity index (χ4v) is 3.98. The summed E-state index contributed by atoms with van der Waals surface area (Å²) >= 11 is 6.03. The van der Waals surface area contributed by atoms with Gasteiger partial charge in [0.05, 0.1) is 18.7 Å². The van der Waals surface area contributed by atoms with Gasteiger partial charge in [-0.1, -0.05) is 31.0 Å². The minimum atomic E-state index is -3.76. The number of sulfonamides is 1. The summed E-state index contributed by atoms with van der Waals surface area (Å²) in [5.74, 6) is 0.824. The lowest BCUT2D eigenvalue weighted by atomic mass is 10.1. The number of hydrogen-bond donors (Lipinski definition) is 1. The highest BCUT2D eigenvalue weighted by molar-refractivity contribution is 7.89. The van der Waals surface area contributed by atoms with Crippen molar-refractivity contribution in [3.8, 4) is 11.5 Å². The molecule has 7 nitrogen and oxygen atoms in total. The van der Waals surface area contributed by atoms with Crippen molar-refractivity contribution < 1.29 is 22.7 Å². The molecule has 9 heteroatoms. The van der Waals surface area contributed by atoms with Gasteiger partial charge in [0, 0.05) is 26.2 Å². The second kappa shape index (κ2) is 10.7. The predicted molar refractivity (Wildman–Crippen MR) is 117 cm³/mol. The lowest BCUT2D eigenvalue weighted by molar-refractivity contribution is 0.0950. The van der Waals surface area contributed by atoms with Crippen molar-refractivity contribution in [1.29, 1.82) is 0 Å². The standard InChI is InChI=1S/C21H27ClN2O5S/c1-5-6-11-29-18-10-7-15(12-19(18)28-4)14-23-21(25)16-8-9-17(22)20(13-16)30(26,27)24(2)3/h7-10,12-13H,5-6,11,14H2,1-4H3,(H,23,25). The van der Waals surface area contributed by atoms with Crippen LogP contribution in [-0.4, -0.2) is 46.4 Å². The molecule has 0 aliphatic rings. The van der Waals surface area contributed by atoms with Crippen molar-refractivity contribution in [2.24, 2.45) is 0 Å². The lowest BCUT2D eigenvalue weighted by Crippen LogP contribution is -2.25. The Labute approximate surface area is 183 Å². The molecule has 0 aliphatic carbocycles. The molecule has 2 rings (SSSR count). The van der Waals surface area contributed by atoms with E-state index in [2.05, 4.69) is 12.2 Å². The van der Waals surface area contributed by atoms with Crippen LogP contribution in [0.4, 0.5) is 0 Å². The first-order chi connectivity index (χ1) is 14.2. The Morgan fingerprint density at radius 3 is 2.50 bits per heavy atom. The maximum Gasteiger partial charge on any atom is 0.251 e. The Bertz CT molecular complexity index is 993. The summed E-state index contributed by atoms with van der Waals surface area (Å²) in [6.07, 6.45) is 1.99. The summed E-state index contributed by atoms with van der Waals surface area (Å²) in [4.78, 5) is 12.4. The van der Waals surface area contributed by atoms with Crippen LogP contribution in [-0.2, 0) is 16.6 Å². The molecule has 2 aromatic carbocycles. The third-order valence-electron chi connectivity index (χ3n) is 4.39. The molecule has 0 atom stereocenters. The molecule has 0 aliphatic heterocycles. The second-order valence-corrected chi connectivity index (χ2v) is 9.33. The van der Waals surface area contributed by atoms with Crippen molar-refractivity contribution in [2.75, 3.05) is 27.8 Å². The average Bonchev–Trinajstić information content (AvgIpc) is 2.72. The third kappa shape index (κ3) is 5.87. The van der Waals surface area contributed by atoms with Gasteiger partial charge in [-0.3, -0.25) is 4.79 Å². The van der Waals surface area contributed by atoms with Gasteiger partial charge in [-0.25, -0.2) is 12.7 Å². The highest BCUT2D eigenvalue weighted by Gasteiger charge is 2.22. The first kappa shape index (κ1) is 24.0. The normalized spacial score (nSPS) is 11.4. The molecule has 0 unspecified atom stereocenters. The molecule has 2 aromatic rings. The van der Waals surface area contributed by atoms with Crippen molar-refractivity contribution >= 4 is 27.5 Å². The largest absolute Gasteiger partial charge is 0.493 e. The Kier molecular flexibility index (Phi) is 8.52. The van der Waals surface area contributed by atoms with E-state index in [9.17, 15) is 13.2 Å². The lowest BCUT2D eigenvalue weighted by Gasteiger charge is -2.14. The highest BCUT2D eigenvalue weighted by atomic mass is 35.5.